The van der Waals surface area contributed by atoms with Gasteiger partial charge >= 0.3 is 0 Å². The third kappa shape index (κ3) is 4.82. The lowest BCUT2D eigenvalue weighted by Crippen LogP contribution is -2.50. The van der Waals surface area contributed by atoms with Crippen molar-refractivity contribution in [2.24, 2.45) is 0 Å². The number of carbonyl (C=O) groups excluding carboxylic acids is 1. The lowest BCUT2D eigenvalue weighted by Gasteiger charge is -2.37. The molecule has 1 atom stereocenters. The molecule has 1 amide bonds. The molecule has 0 aliphatic carbocycles. The smallest absolute Gasteiger partial charge is 0.223 e. The Labute approximate surface area is 166 Å². The molecule has 0 spiro atoms. The number of amides is 1. The van der Waals surface area contributed by atoms with Gasteiger partial charge in [0, 0.05) is 49.6 Å². The maximum atomic E-state index is 13.0. The second-order valence-corrected chi connectivity index (χ2v) is 7.79. The van der Waals surface area contributed by atoms with E-state index in [9.17, 15) is 9.90 Å². The molecule has 2 aromatic rings. The SMILES string of the molecule is CC(C)N1CCN(C(=O)C[C@@H](c2cccc(O)c2)c2ccccc2Cl)CC1. The first-order chi connectivity index (χ1) is 13.0. The molecule has 3 rings (SSSR count). The second kappa shape index (κ2) is 8.77. The van der Waals surface area contributed by atoms with Crippen molar-refractivity contribution in [1.29, 1.82) is 0 Å². The summed E-state index contributed by atoms with van der Waals surface area (Å²) in [5.41, 5.74) is 1.82. The van der Waals surface area contributed by atoms with Gasteiger partial charge in [-0.15, -0.1) is 0 Å². The number of phenols is 1. The van der Waals surface area contributed by atoms with Gasteiger partial charge in [-0.1, -0.05) is 41.9 Å². The van der Waals surface area contributed by atoms with Crippen LogP contribution in [-0.4, -0.2) is 53.0 Å². The van der Waals surface area contributed by atoms with Crippen molar-refractivity contribution in [2.45, 2.75) is 32.2 Å². The highest BCUT2D eigenvalue weighted by atomic mass is 35.5. The summed E-state index contributed by atoms with van der Waals surface area (Å²) in [6, 6.07) is 15.2. The normalized spacial score (nSPS) is 16.5. The van der Waals surface area contributed by atoms with Gasteiger partial charge in [0.2, 0.25) is 5.91 Å². The molecular weight excluding hydrogens is 360 g/mol. The van der Waals surface area contributed by atoms with E-state index in [4.69, 9.17) is 11.6 Å². The van der Waals surface area contributed by atoms with Gasteiger partial charge in [0.25, 0.3) is 0 Å². The number of hydrogen-bond acceptors (Lipinski definition) is 3. The molecular formula is C22H27ClN2O2. The molecule has 1 aliphatic rings. The second-order valence-electron chi connectivity index (χ2n) is 7.38. The Balaban J connectivity index is 1.80. The van der Waals surface area contributed by atoms with E-state index in [1.54, 1.807) is 18.2 Å². The van der Waals surface area contributed by atoms with Gasteiger partial charge in [-0.25, -0.2) is 0 Å². The van der Waals surface area contributed by atoms with Gasteiger partial charge in [-0.3, -0.25) is 9.69 Å². The highest BCUT2D eigenvalue weighted by molar-refractivity contribution is 6.31. The van der Waals surface area contributed by atoms with E-state index in [1.165, 1.54) is 0 Å². The highest BCUT2D eigenvalue weighted by Crippen LogP contribution is 2.34. The number of carbonyl (C=O) groups is 1. The van der Waals surface area contributed by atoms with Crippen molar-refractivity contribution in [3.05, 3.63) is 64.7 Å². The topological polar surface area (TPSA) is 43.8 Å². The van der Waals surface area contributed by atoms with E-state index in [0.717, 1.165) is 37.3 Å². The van der Waals surface area contributed by atoms with Gasteiger partial charge in [0.1, 0.15) is 5.75 Å². The Hall–Kier alpha value is -2.04. The number of piperazine rings is 1. The fraction of sp³-hybridized carbons (Fsp3) is 0.409. The maximum absolute atomic E-state index is 13.0. The van der Waals surface area contributed by atoms with Crippen LogP contribution >= 0.6 is 11.6 Å². The van der Waals surface area contributed by atoms with Crippen LogP contribution in [0.1, 0.15) is 37.3 Å². The van der Waals surface area contributed by atoms with Crippen molar-refractivity contribution in [2.75, 3.05) is 26.2 Å². The fourth-order valence-electron chi connectivity index (χ4n) is 3.70. The summed E-state index contributed by atoms with van der Waals surface area (Å²) in [6.45, 7) is 7.71. The summed E-state index contributed by atoms with van der Waals surface area (Å²) >= 11 is 6.44. The van der Waals surface area contributed by atoms with E-state index in [2.05, 4.69) is 18.7 Å². The Bertz CT molecular complexity index is 785. The number of rotatable bonds is 5. The lowest BCUT2D eigenvalue weighted by atomic mass is 9.87. The first kappa shape index (κ1) is 19.7. The summed E-state index contributed by atoms with van der Waals surface area (Å²) < 4.78 is 0. The number of nitrogens with zero attached hydrogens (tertiary/aromatic N) is 2. The van der Waals surface area contributed by atoms with Crippen molar-refractivity contribution < 1.29 is 9.90 Å². The summed E-state index contributed by atoms with van der Waals surface area (Å²) in [7, 11) is 0. The van der Waals surface area contributed by atoms with Crippen molar-refractivity contribution in [3.63, 3.8) is 0 Å². The van der Waals surface area contributed by atoms with Crippen LogP contribution in [-0.2, 0) is 4.79 Å². The number of benzene rings is 2. The van der Waals surface area contributed by atoms with Crippen LogP contribution in [0.15, 0.2) is 48.5 Å². The standard InChI is InChI=1S/C22H27ClN2O2/c1-16(2)24-10-12-25(13-11-24)22(27)15-20(17-6-5-7-18(26)14-17)19-8-3-4-9-21(19)23/h3-9,14,16,20,26H,10-13,15H2,1-2H3/t20-/m0/s1. The average molecular weight is 387 g/mol. The van der Waals surface area contributed by atoms with Gasteiger partial charge < -0.3 is 10.0 Å². The average Bonchev–Trinajstić information content (AvgIpc) is 2.66. The molecule has 2 aromatic carbocycles. The number of hydrogen-bond donors (Lipinski definition) is 1. The van der Waals surface area contributed by atoms with E-state index in [-0.39, 0.29) is 17.6 Å². The van der Waals surface area contributed by atoms with Gasteiger partial charge in [0.15, 0.2) is 0 Å². The van der Waals surface area contributed by atoms with Crippen LogP contribution in [0.5, 0.6) is 5.75 Å². The predicted octanol–water partition coefficient (Wildman–Crippen LogP) is 4.12. The minimum absolute atomic E-state index is 0.131. The van der Waals surface area contributed by atoms with Crippen LogP contribution in [0.4, 0.5) is 0 Å². The first-order valence-corrected chi connectivity index (χ1v) is 9.88. The zero-order chi connectivity index (χ0) is 19.4. The lowest BCUT2D eigenvalue weighted by molar-refractivity contribution is -0.133. The van der Waals surface area contributed by atoms with Crippen molar-refractivity contribution >= 4 is 17.5 Å². The summed E-state index contributed by atoms with van der Waals surface area (Å²) in [5, 5.41) is 10.6. The Morgan fingerprint density at radius 1 is 1.07 bits per heavy atom. The number of halogens is 1. The number of phenolic OH excluding ortho intramolecular Hbond substituents is 1. The molecule has 4 nitrogen and oxygen atoms in total. The Morgan fingerprint density at radius 2 is 1.78 bits per heavy atom. The first-order valence-electron chi connectivity index (χ1n) is 9.51. The quantitative estimate of drug-likeness (QED) is 0.840. The third-order valence-electron chi connectivity index (χ3n) is 5.33. The van der Waals surface area contributed by atoms with Crippen molar-refractivity contribution in [3.8, 4) is 5.75 Å². The van der Waals surface area contributed by atoms with Crippen LogP contribution in [0.2, 0.25) is 5.02 Å². The summed E-state index contributed by atoms with van der Waals surface area (Å²) in [6.07, 6.45) is 0.342. The molecule has 0 bridgehead atoms. The minimum atomic E-state index is -0.179. The fourth-order valence-corrected chi connectivity index (χ4v) is 3.97. The molecule has 0 aromatic heterocycles. The molecule has 27 heavy (non-hydrogen) atoms. The number of aromatic hydroxyl groups is 1. The molecule has 1 aliphatic heterocycles. The highest BCUT2D eigenvalue weighted by Gasteiger charge is 2.27. The van der Waals surface area contributed by atoms with Crippen LogP contribution in [0.3, 0.4) is 0 Å². The van der Waals surface area contributed by atoms with E-state index < -0.39 is 0 Å². The predicted molar refractivity (Wildman–Crippen MR) is 109 cm³/mol. The molecule has 0 radical (unpaired) electrons. The molecule has 1 fully saturated rings. The zero-order valence-electron chi connectivity index (χ0n) is 15.9. The summed E-state index contributed by atoms with van der Waals surface area (Å²) in [4.78, 5) is 17.4. The van der Waals surface area contributed by atoms with Gasteiger partial charge in [-0.05, 0) is 43.2 Å². The Morgan fingerprint density at radius 3 is 2.41 bits per heavy atom. The van der Waals surface area contributed by atoms with E-state index in [1.807, 2.05) is 35.2 Å². The van der Waals surface area contributed by atoms with Crippen molar-refractivity contribution in [1.82, 2.24) is 9.80 Å². The van der Waals surface area contributed by atoms with Crippen LogP contribution in [0, 0.1) is 0 Å². The molecule has 1 saturated heterocycles. The monoisotopic (exact) mass is 386 g/mol. The molecule has 0 saturated carbocycles. The maximum Gasteiger partial charge on any atom is 0.223 e. The molecule has 144 valence electrons. The Kier molecular flexibility index (Phi) is 6.40. The zero-order valence-corrected chi connectivity index (χ0v) is 16.7. The molecule has 1 N–H and O–H groups in total. The minimum Gasteiger partial charge on any atom is -0.508 e. The molecule has 5 heteroatoms. The third-order valence-corrected chi connectivity index (χ3v) is 5.67. The van der Waals surface area contributed by atoms with Crippen LogP contribution in [0.25, 0.3) is 0 Å². The molecule has 1 heterocycles. The van der Waals surface area contributed by atoms with E-state index >= 15 is 0 Å². The largest absolute Gasteiger partial charge is 0.508 e. The van der Waals surface area contributed by atoms with Gasteiger partial charge in [-0.2, -0.15) is 0 Å². The molecule has 0 unspecified atom stereocenters. The summed E-state index contributed by atoms with van der Waals surface area (Å²) in [5.74, 6) is 0.149. The van der Waals surface area contributed by atoms with E-state index in [0.29, 0.717) is 17.5 Å². The van der Waals surface area contributed by atoms with Crippen LogP contribution < -0.4 is 0 Å². The van der Waals surface area contributed by atoms with Gasteiger partial charge in [0.05, 0.1) is 0 Å².